The van der Waals surface area contributed by atoms with Crippen molar-refractivity contribution < 1.29 is 0 Å². The summed E-state index contributed by atoms with van der Waals surface area (Å²) in [5.41, 5.74) is 7.38. The highest BCUT2D eigenvalue weighted by molar-refractivity contribution is 5.18. The summed E-state index contributed by atoms with van der Waals surface area (Å²) in [6, 6.07) is 0.641. The van der Waals surface area contributed by atoms with Gasteiger partial charge in [0.05, 0.1) is 0 Å². The second-order valence-electron chi connectivity index (χ2n) is 7.18. The Morgan fingerprint density at radius 2 is 1.50 bits per heavy atom. The molecule has 2 fully saturated rings. The van der Waals surface area contributed by atoms with Gasteiger partial charge in [-0.25, -0.2) is 0 Å². The number of hydrogen-bond donors (Lipinski definition) is 2. The van der Waals surface area contributed by atoms with E-state index in [1.165, 1.54) is 32.1 Å². The molecule has 2 nitrogen and oxygen atoms in total. The molecule has 0 radical (unpaired) electrons. The molecule has 0 atom stereocenters. The smallest absolute Gasteiger partial charge is 0.0280 e. The van der Waals surface area contributed by atoms with Crippen LogP contribution in [-0.4, -0.2) is 18.1 Å². The molecule has 0 spiro atoms. The molecule has 0 aromatic carbocycles. The lowest BCUT2D eigenvalue weighted by molar-refractivity contribution is 0.278. The van der Waals surface area contributed by atoms with Crippen molar-refractivity contribution in [3.05, 3.63) is 0 Å². The van der Waals surface area contributed by atoms with Gasteiger partial charge in [-0.1, -0.05) is 47.0 Å². The van der Waals surface area contributed by atoms with Crippen LogP contribution in [-0.2, 0) is 0 Å². The van der Waals surface area contributed by atoms with Crippen molar-refractivity contribution in [2.75, 3.05) is 6.54 Å². The molecule has 0 aromatic rings. The van der Waals surface area contributed by atoms with Crippen LogP contribution >= 0.6 is 0 Å². The highest BCUT2D eigenvalue weighted by Crippen LogP contribution is 2.62. The van der Waals surface area contributed by atoms with Crippen LogP contribution in [0, 0.1) is 10.8 Å². The fourth-order valence-electron chi connectivity index (χ4n) is 3.44. The summed E-state index contributed by atoms with van der Waals surface area (Å²) in [6.45, 7) is 10.4. The van der Waals surface area contributed by atoms with Gasteiger partial charge in [0, 0.05) is 18.1 Å². The van der Waals surface area contributed by atoms with Gasteiger partial charge in [0.1, 0.15) is 0 Å². The minimum atomic E-state index is 0.0764. The first-order chi connectivity index (χ1) is 7.30. The molecule has 0 bridgehead atoms. The molecular formula is C14H28N2. The SMILES string of the molecule is CC1(C)C(NCC2(N)CCCCC2)C1(C)C. The second kappa shape index (κ2) is 3.71. The van der Waals surface area contributed by atoms with Crippen LogP contribution in [0.5, 0.6) is 0 Å². The summed E-state index contributed by atoms with van der Waals surface area (Å²) >= 11 is 0. The zero-order chi connectivity index (χ0) is 12.0. The van der Waals surface area contributed by atoms with Crippen LogP contribution in [0.25, 0.3) is 0 Å². The van der Waals surface area contributed by atoms with Gasteiger partial charge >= 0.3 is 0 Å². The Balaban J connectivity index is 1.84. The molecule has 2 aliphatic rings. The predicted octanol–water partition coefficient (Wildman–Crippen LogP) is 2.67. The van der Waals surface area contributed by atoms with Crippen LogP contribution < -0.4 is 11.1 Å². The van der Waals surface area contributed by atoms with Gasteiger partial charge < -0.3 is 11.1 Å². The molecule has 0 aliphatic heterocycles. The summed E-state index contributed by atoms with van der Waals surface area (Å²) in [4.78, 5) is 0. The molecule has 3 N–H and O–H groups in total. The number of rotatable bonds is 3. The van der Waals surface area contributed by atoms with E-state index in [2.05, 4.69) is 33.0 Å². The van der Waals surface area contributed by atoms with Crippen LogP contribution in [0.3, 0.4) is 0 Å². The fraction of sp³-hybridized carbons (Fsp3) is 1.00. The van der Waals surface area contributed by atoms with Gasteiger partial charge in [0.15, 0.2) is 0 Å². The fourth-order valence-corrected chi connectivity index (χ4v) is 3.44. The number of hydrogen-bond acceptors (Lipinski definition) is 2. The molecule has 0 heterocycles. The van der Waals surface area contributed by atoms with Crippen molar-refractivity contribution in [2.24, 2.45) is 16.6 Å². The second-order valence-corrected chi connectivity index (χ2v) is 7.18. The van der Waals surface area contributed by atoms with Gasteiger partial charge in [-0.2, -0.15) is 0 Å². The lowest BCUT2D eigenvalue weighted by atomic mass is 9.82. The standard InChI is InChI=1S/C14H28N2/c1-12(2)11(13(12,3)4)16-10-14(15)8-6-5-7-9-14/h11,16H,5-10,15H2,1-4H3. The third-order valence-corrected chi connectivity index (χ3v) is 5.53. The first-order valence-electron chi connectivity index (χ1n) is 6.82. The van der Waals surface area contributed by atoms with E-state index in [9.17, 15) is 0 Å². The van der Waals surface area contributed by atoms with Crippen molar-refractivity contribution in [3.8, 4) is 0 Å². The maximum Gasteiger partial charge on any atom is 0.0280 e. The molecule has 2 rings (SSSR count). The zero-order valence-electron chi connectivity index (χ0n) is 11.4. The Labute approximate surface area is 100 Å². The Bertz CT molecular complexity index is 248. The Morgan fingerprint density at radius 3 is 1.94 bits per heavy atom. The Hall–Kier alpha value is -0.0800. The summed E-state index contributed by atoms with van der Waals surface area (Å²) in [6.07, 6.45) is 6.41. The van der Waals surface area contributed by atoms with Crippen molar-refractivity contribution in [2.45, 2.75) is 71.4 Å². The van der Waals surface area contributed by atoms with E-state index < -0.39 is 0 Å². The first-order valence-corrected chi connectivity index (χ1v) is 6.82. The molecule has 94 valence electrons. The normalized spacial score (nSPS) is 31.3. The summed E-state index contributed by atoms with van der Waals surface area (Å²) in [5.74, 6) is 0. The van der Waals surface area contributed by atoms with E-state index in [0.717, 1.165) is 6.54 Å². The van der Waals surface area contributed by atoms with E-state index in [1.807, 2.05) is 0 Å². The van der Waals surface area contributed by atoms with E-state index >= 15 is 0 Å². The molecule has 0 amide bonds. The molecule has 0 unspecified atom stereocenters. The maximum atomic E-state index is 6.45. The summed E-state index contributed by atoms with van der Waals surface area (Å²) in [7, 11) is 0. The number of nitrogens with one attached hydrogen (secondary N) is 1. The summed E-state index contributed by atoms with van der Waals surface area (Å²) < 4.78 is 0. The third kappa shape index (κ3) is 1.91. The lowest BCUT2D eigenvalue weighted by Crippen LogP contribution is -2.51. The van der Waals surface area contributed by atoms with Gasteiger partial charge in [-0.15, -0.1) is 0 Å². The third-order valence-electron chi connectivity index (χ3n) is 5.53. The zero-order valence-corrected chi connectivity index (χ0v) is 11.4. The van der Waals surface area contributed by atoms with Gasteiger partial charge in [-0.05, 0) is 23.7 Å². The van der Waals surface area contributed by atoms with Crippen molar-refractivity contribution in [1.82, 2.24) is 5.32 Å². The number of nitrogens with two attached hydrogens (primary N) is 1. The molecule has 2 saturated carbocycles. The molecule has 2 aliphatic carbocycles. The Morgan fingerprint density at radius 1 is 1.00 bits per heavy atom. The average Bonchev–Trinajstić information content (AvgIpc) is 2.56. The molecule has 16 heavy (non-hydrogen) atoms. The van der Waals surface area contributed by atoms with E-state index in [-0.39, 0.29) is 5.54 Å². The van der Waals surface area contributed by atoms with Gasteiger partial charge in [0.2, 0.25) is 0 Å². The highest BCUT2D eigenvalue weighted by atomic mass is 15.1. The minimum absolute atomic E-state index is 0.0764. The average molecular weight is 224 g/mol. The maximum absolute atomic E-state index is 6.45. The van der Waals surface area contributed by atoms with Gasteiger partial charge in [-0.3, -0.25) is 0 Å². The topological polar surface area (TPSA) is 38.0 Å². The van der Waals surface area contributed by atoms with Crippen LogP contribution in [0.15, 0.2) is 0 Å². The van der Waals surface area contributed by atoms with E-state index in [0.29, 0.717) is 16.9 Å². The van der Waals surface area contributed by atoms with Crippen molar-refractivity contribution in [1.29, 1.82) is 0 Å². The monoisotopic (exact) mass is 224 g/mol. The highest BCUT2D eigenvalue weighted by Gasteiger charge is 2.64. The van der Waals surface area contributed by atoms with Crippen LogP contribution in [0.2, 0.25) is 0 Å². The quantitative estimate of drug-likeness (QED) is 0.773. The molecule has 0 aromatic heterocycles. The van der Waals surface area contributed by atoms with E-state index in [4.69, 9.17) is 5.73 Å². The minimum Gasteiger partial charge on any atom is -0.324 e. The largest absolute Gasteiger partial charge is 0.324 e. The summed E-state index contributed by atoms with van der Waals surface area (Å²) in [5, 5.41) is 3.72. The predicted molar refractivity (Wildman–Crippen MR) is 69.4 cm³/mol. The Kier molecular flexibility index (Phi) is 2.87. The molecule has 2 heteroatoms. The van der Waals surface area contributed by atoms with E-state index in [1.54, 1.807) is 0 Å². The van der Waals surface area contributed by atoms with Crippen LogP contribution in [0.4, 0.5) is 0 Å². The van der Waals surface area contributed by atoms with Crippen LogP contribution in [0.1, 0.15) is 59.8 Å². The van der Waals surface area contributed by atoms with Crippen molar-refractivity contribution >= 4 is 0 Å². The molecule has 0 saturated heterocycles. The van der Waals surface area contributed by atoms with Crippen molar-refractivity contribution in [3.63, 3.8) is 0 Å². The first kappa shape index (κ1) is 12.4. The molecular weight excluding hydrogens is 196 g/mol. The van der Waals surface area contributed by atoms with Gasteiger partial charge in [0.25, 0.3) is 0 Å². The lowest BCUT2D eigenvalue weighted by Gasteiger charge is -2.34.